The van der Waals surface area contributed by atoms with Gasteiger partial charge in [-0.15, -0.1) is 0 Å². The van der Waals surface area contributed by atoms with Crippen molar-refractivity contribution < 1.29 is 1.43 Å². The van der Waals surface area contributed by atoms with Gasteiger partial charge < -0.3 is 4.98 Å². The first-order valence-corrected chi connectivity index (χ1v) is 7.19. The first-order chi connectivity index (χ1) is 8.77. The molecule has 1 heterocycles. The van der Waals surface area contributed by atoms with Crippen LogP contribution in [0.4, 0.5) is 0 Å². The molecule has 0 aliphatic carbocycles. The summed E-state index contributed by atoms with van der Waals surface area (Å²) in [4.78, 5) is 7.40. The largest absolute Gasteiger partial charge is 0.342 e. The molecule has 1 aromatic carbocycles. The number of H-pyrrole nitrogens is 1. The molecule has 0 bridgehead atoms. The zero-order chi connectivity index (χ0) is 13.8. The highest BCUT2D eigenvalue weighted by Crippen LogP contribution is 2.08. The van der Waals surface area contributed by atoms with E-state index in [9.17, 15) is 0 Å². The lowest BCUT2D eigenvalue weighted by Crippen LogP contribution is -1.68. The Morgan fingerprint density at radius 2 is 1.61 bits per heavy atom. The second-order valence-electron chi connectivity index (χ2n) is 4.05. The van der Waals surface area contributed by atoms with Gasteiger partial charge in [0.25, 0.3) is 0 Å². The number of fused-ring (bicyclic) bond motifs is 1. The average Bonchev–Trinajstić information content (AvgIpc) is 2.79. The van der Waals surface area contributed by atoms with Crippen LogP contribution in [-0.4, -0.2) is 9.97 Å². The van der Waals surface area contributed by atoms with Crippen molar-refractivity contribution in [2.45, 2.75) is 60.3 Å². The minimum absolute atomic E-state index is 0. The van der Waals surface area contributed by atoms with E-state index in [0.29, 0.717) is 0 Å². The van der Waals surface area contributed by atoms with Crippen LogP contribution < -0.4 is 0 Å². The zero-order valence-corrected chi connectivity index (χ0v) is 12.6. The molecule has 1 N–H and O–H groups in total. The fraction of sp³-hybridized carbons (Fsp3) is 0.562. The summed E-state index contributed by atoms with van der Waals surface area (Å²) in [6, 6.07) is 8.01. The molecule has 2 heteroatoms. The van der Waals surface area contributed by atoms with Crippen molar-refractivity contribution in [2.24, 2.45) is 0 Å². The lowest BCUT2D eigenvalue weighted by molar-refractivity contribution is 0.702. The molecule has 0 saturated heterocycles. The number of benzene rings is 1. The second kappa shape index (κ2) is 10.8. The summed E-state index contributed by atoms with van der Waals surface area (Å²) < 4.78 is 0. The molecule has 0 atom stereocenters. The van der Waals surface area contributed by atoms with Crippen molar-refractivity contribution in [1.29, 1.82) is 0 Å². The van der Waals surface area contributed by atoms with E-state index in [1.807, 2.05) is 45.0 Å². The number of rotatable bonds is 3. The predicted molar refractivity (Wildman–Crippen MR) is 84.1 cm³/mol. The highest BCUT2D eigenvalue weighted by molar-refractivity contribution is 5.74. The number of unbranched alkanes of at least 4 members (excludes halogenated alkanes) is 3. The van der Waals surface area contributed by atoms with E-state index < -0.39 is 0 Å². The van der Waals surface area contributed by atoms with Crippen molar-refractivity contribution >= 4 is 11.0 Å². The quantitative estimate of drug-likeness (QED) is 0.692. The second-order valence-corrected chi connectivity index (χ2v) is 4.05. The van der Waals surface area contributed by atoms with Gasteiger partial charge in [-0.25, -0.2) is 4.98 Å². The Labute approximate surface area is 113 Å². The molecule has 0 amide bonds. The van der Waals surface area contributed by atoms with E-state index in [1.165, 1.54) is 25.7 Å². The van der Waals surface area contributed by atoms with Gasteiger partial charge in [0.1, 0.15) is 5.82 Å². The average molecular weight is 250 g/mol. The molecule has 2 nitrogen and oxygen atoms in total. The fourth-order valence-electron chi connectivity index (χ4n) is 1.58. The van der Waals surface area contributed by atoms with Gasteiger partial charge in [-0.3, -0.25) is 0 Å². The molecule has 0 fully saturated rings. The first kappa shape index (κ1) is 16.7. The Morgan fingerprint density at radius 3 is 2.11 bits per heavy atom. The summed E-state index contributed by atoms with van der Waals surface area (Å²) in [5, 5.41) is 0. The van der Waals surface area contributed by atoms with E-state index in [-0.39, 0.29) is 1.43 Å². The number of aryl methyl sites for hydroxylation is 1. The highest BCUT2D eigenvalue weighted by Gasteiger charge is 1.93. The van der Waals surface area contributed by atoms with Crippen LogP contribution in [0.3, 0.4) is 0 Å². The number of para-hydroxylation sites is 2. The normalized spacial score (nSPS) is 9.17. The molecule has 0 spiro atoms. The van der Waals surface area contributed by atoms with Crippen LogP contribution in [0.15, 0.2) is 24.3 Å². The topological polar surface area (TPSA) is 28.7 Å². The summed E-state index contributed by atoms with van der Waals surface area (Å²) in [6.07, 6.45) is 5.54. The van der Waals surface area contributed by atoms with Gasteiger partial charge in [0.2, 0.25) is 0 Å². The van der Waals surface area contributed by atoms with E-state index >= 15 is 0 Å². The number of hydrogen-bond acceptors (Lipinski definition) is 1. The lowest BCUT2D eigenvalue weighted by atomic mass is 10.2. The zero-order valence-electron chi connectivity index (χ0n) is 12.6. The van der Waals surface area contributed by atoms with Crippen LogP contribution in [0.1, 0.15) is 60.6 Å². The number of aromatic amines is 1. The number of aromatic nitrogens is 2. The van der Waals surface area contributed by atoms with Crippen molar-refractivity contribution in [1.82, 2.24) is 9.97 Å². The maximum absolute atomic E-state index is 4.26. The SMILES string of the molecule is CC.CCCCCC.Cc1nc2ccccc2[nH]1.[HH]. The maximum Gasteiger partial charge on any atom is 0.104 e. The molecule has 104 valence electrons. The van der Waals surface area contributed by atoms with Gasteiger partial charge in [0.05, 0.1) is 11.0 Å². The summed E-state index contributed by atoms with van der Waals surface area (Å²) in [5.74, 6) is 0.973. The molecule has 18 heavy (non-hydrogen) atoms. The van der Waals surface area contributed by atoms with E-state index in [4.69, 9.17) is 0 Å². The number of imidazole rings is 1. The van der Waals surface area contributed by atoms with E-state index in [0.717, 1.165) is 16.9 Å². The van der Waals surface area contributed by atoms with Crippen molar-refractivity contribution in [2.75, 3.05) is 0 Å². The molecule has 0 unspecified atom stereocenters. The van der Waals surface area contributed by atoms with Gasteiger partial charge in [0, 0.05) is 1.43 Å². The minimum atomic E-state index is 0. The smallest absolute Gasteiger partial charge is 0.104 e. The Kier molecular flexibility index (Phi) is 10.0. The summed E-state index contributed by atoms with van der Waals surface area (Å²) in [5.41, 5.74) is 2.15. The molecular weight excluding hydrogens is 220 g/mol. The third kappa shape index (κ3) is 6.43. The first-order valence-electron chi connectivity index (χ1n) is 7.19. The molecule has 0 aliphatic rings. The summed E-state index contributed by atoms with van der Waals surface area (Å²) in [6.45, 7) is 10.4. The van der Waals surface area contributed by atoms with Crippen LogP contribution in [0, 0.1) is 6.92 Å². The van der Waals surface area contributed by atoms with E-state index in [2.05, 4.69) is 23.8 Å². The molecule has 0 radical (unpaired) electrons. The monoisotopic (exact) mass is 250 g/mol. The van der Waals surface area contributed by atoms with E-state index in [1.54, 1.807) is 0 Å². The maximum atomic E-state index is 4.26. The van der Waals surface area contributed by atoms with Crippen LogP contribution in [-0.2, 0) is 0 Å². The number of nitrogens with one attached hydrogen (secondary N) is 1. The van der Waals surface area contributed by atoms with Crippen molar-refractivity contribution in [3.8, 4) is 0 Å². The van der Waals surface area contributed by atoms with Crippen LogP contribution >= 0.6 is 0 Å². The molecule has 2 rings (SSSR count). The highest BCUT2D eigenvalue weighted by atomic mass is 14.9. The van der Waals surface area contributed by atoms with Crippen molar-refractivity contribution in [3.63, 3.8) is 0 Å². The lowest BCUT2D eigenvalue weighted by Gasteiger charge is -1.86. The van der Waals surface area contributed by atoms with Crippen LogP contribution in [0.25, 0.3) is 11.0 Å². The van der Waals surface area contributed by atoms with Crippen LogP contribution in [0.2, 0.25) is 0 Å². The molecule has 0 aliphatic heterocycles. The Balaban J connectivity index is 0. The number of nitrogens with zero attached hydrogens (tertiary/aromatic N) is 1. The Bertz CT molecular complexity index is 373. The predicted octanol–water partition coefficient (Wildman–Crippen LogP) is 5.73. The fourth-order valence-corrected chi connectivity index (χ4v) is 1.58. The third-order valence-corrected chi connectivity index (χ3v) is 2.46. The Hall–Kier alpha value is -1.31. The molecule has 1 aromatic heterocycles. The number of hydrogen-bond donors (Lipinski definition) is 1. The van der Waals surface area contributed by atoms with Gasteiger partial charge >= 0.3 is 0 Å². The summed E-state index contributed by atoms with van der Waals surface area (Å²) >= 11 is 0. The standard InChI is InChI=1S/C8H8N2.C6H14.C2H6.H2/c1-6-9-7-4-2-3-5-8(7)10-6;1-3-5-6-4-2;1-2;/h2-5H,1H3,(H,9,10);3-6H2,1-2H3;1-2H3;1H. The molecular formula is C16H30N2. The van der Waals surface area contributed by atoms with Gasteiger partial charge in [-0.2, -0.15) is 0 Å². The van der Waals surface area contributed by atoms with Crippen molar-refractivity contribution in [3.05, 3.63) is 30.1 Å². The molecule has 2 aromatic rings. The minimum Gasteiger partial charge on any atom is -0.342 e. The van der Waals surface area contributed by atoms with Gasteiger partial charge in [0.15, 0.2) is 0 Å². The van der Waals surface area contributed by atoms with Gasteiger partial charge in [-0.1, -0.05) is 65.5 Å². The third-order valence-electron chi connectivity index (χ3n) is 2.46. The molecule has 0 saturated carbocycles. The Morgan fingerprint density at radius 1 is 1.06 bits per heavy atom. The summed E-state index contributed by atoms with van der Waals surface area (Å²) in [7, 11) is 0. The van der Waals surface area contributed by atoms with Crippen LogP contribution in [0.5, 0.6) is 0 Å². The van der Waals surface area contributed by atoms with Gasteiger partial charge in [-0.05, 0) is 19.1 Å².